The number of sulfonamides is 1. The van der Waals surface area contributed by atoms with Gasteiger partial charge in [-0.25, -0.2) is 17.2 Å². The molecule has 2 amide bonds. The van der Waals surface area contributed by atoms with Gasteiger partial charge in [-0.15, -0.1) is 6.42 Å². The Hall–Kier alpha value is -4.35. The summed E-state index contributed by atoms with van der Waals surface area (Å²) in [7, 11) is -4.18. The number of hydrogen-bond acceptors (Lipinski definition) is 5. The summed E-state index contributed by atoms with van der Waals surface area (Å²) in [6, 6.07) is 10.3. The molecule has 0 saturated carbocycles. The molecule has 0 saturated heterocycles. The molecule has 1 heterocycles. The van der Waals surface area contributed by atoms with Gasteiger partial charge in [-0.05, 0) is 60.2 Å². The first-order valence-corrected chi connectivity index (χ1v) is 14.6. The third kappa shape index (κ3) is 7.40. The lowest BCUT2D eigenvalue weighted by Gasteiger charge is -2.31. The summed E-state index contributed by atoms with van der Waals surface area (Å²) in [4.78, 5) is 25.7. The average molecular weight is 656 g/mol. The van der Waals surface area contributed by atoms with E-state index in [0.29, 0.717) is 17.7 Å². The quantitative estimate of drug-likeness (QED) is 0.245. The lowest BCUT2D eigenvalue weighted by Crippen LogP contribution is -2.38. The molecule has 0 unspecified atom stereocenters. The van der Waals surface area contributed by atoms with Crippen molar-refractivity contribution in [3.05, 3.63) is 87.9 Å². The number of rotatable bonds is 9. The van der Waals surface area contributed by atoms with Gasteiger partial charge in [0.15, 0.2) is 0 Å². The third-order valence-corrected chi connectivity index (χ3v) is 8.63. The van der Waals surface area contributed by atoms with Crippen molar-refractivity contribution in [1.29, 1.82) is 0 Å². The van der Waals surface area contributed by atoms with Gasteiger partial charge in [-0.3, -0.25) is 13.9 Å². The van der Waals surface area contributed by atoms with Crippen LogP contribution in [0, 0.1) is 12.3 Å². The number of hydrogen-bond donors (Lipinski definition) is 2. The van der Waals surface area contributed by atoms with Crippen molar-refractivity contribution in [3.63, 3.8) is 0 Å². The maximum atomic E-state index is 13.5. The summed E-state index contributed by atoms with van der Waals surface area (Å²) < 4.78 is 99.3. The van der Waals surface area contributed by atoms with Crippen LogP contribution in [0.3, 0.4) is 0 Å². The fraction of sp³-hybridized carbons (Fsp3) is 0.241. The maximum Gasteiger partial charge on any atom is 0.416 e. The molecular weight excluding hydrogens is 633 g/mol. The van der Waals surface area contributed by atoms with Gasteiger partial charge in [-0.1, -0.05) is 23.6 Å². The van der Waals surface area contributed by atoms with Crippen LogP contribution in [0.5, 0.6) is 5.75 Å². The molecule has 1 aliphatic heterocycles. The van der Waals surface area contributed by atoms with Gasteiger partial charge in [0.05, 0.1) is 41.7 Å². The highest BCUT2D eigenvalue weighted by molar-refractivity contribution is 7.92. The Kier molecular flexibility index (Phi) is 9.70. The monoisotopic (exact) mass is 655 g/mol. The molecule has 0 aliphatic carbocycles. The maximum absolute atomic E-state index is 13.5. The van der Waals surface area contributed by atoms with Crippen LogP contribution >= 0.6 is 11.6 Å². The number of fused-ring (bicyclic) bond motifs is 1. The van der Waals surface area contributed by atoms with Crippen LogP contribution in [0.25, 0.3) is 0 Å². The number of ether oxygens (including phenoxy) is 1. The van der Waals surface area contributed by atoms with Crippen LogP contribution in [-0.2, 0) is 21.0 Å². The Morgan fingerprint density at radius 3 is 2.52 bits per heavy atom. The molecule has 2 N–H and O–H groups in total. The molecule has 0 spiro atoms. The molecule has 0 radical (unpaired) electrons. The van der Waals surface area contributed by atoms with E-state index in [1.54, 1.807) is 6.07 Å². The number of benzene rings is 3. The van der Waals surface area contributed by atoms with Crippen molar-refractivity contribution in [2.75, 3.05) is 24.0 Å². The Bertz CT molecular complexity index is 1730. The summed E-state index contributed by atoms with van der Waals surface area (Å²) in [5.74, 6) is 0.577. The molecule has 0 fully saturated rings. The van der Waals surface area contributed by atoms with Crippen LogP contribution in [-0.4, -0.2) is 46.4 Å². The number of halogens is 6. The number of carbonyl (C=O) groups is 2. The largest absolute Gasteiger partial charge is 0.489 e. The van der Waals surface area contributed by atoms with E-state index in [1.807, 2.05) is 5.32 Å². The Morgan fingerprint density at radius 2 is 1.84 bits per heavy atom. The summed E-state index contributed by atoms with van der Waals surface area (Å²) in [5.41, 5.74) is -1.23. The van der Waals surface area contributed by atoms with Gasteiger partial charge >= 0.3 is 6.18 Å². The van der Waals surface area contributed by atoms with E-state index in [1.165, 1.54) is 36.4 Å². The Morgan fingerprint density at radius 1 is 1.09 bits per heavy atom. The van der Waals surface area contributed by atoms with Gasteiger partial charge < -0.3 is 15.4 Å². The van der Waals surface area contributed by atoms with Gasteiger partial charge in [-0.2, -0.15) is 13.2 Å². The second kappa shape index (κ2) is 13.1. The zero-order chi connectivity index (χ0) is 32.2. The molecule has 0 aromatic heterocycles. The summed E-state index contributed by atoms with van der Waals surface area (Å²) >= 11 is 6.15. The van der Waals surface area contributed by atoms with Crippen molar-refractivity contribution in [2.24, 2.45) is 0 Å². The number of alkyl halides is 5. The smallest absolute Gasteiger partial charge is 0.416 e. The average Bonchev–Trinajstić information content (AvgIpc) is 2.98. The van der Waals surface area contributed by atoms with Gasteiger partial charge in [0.1, 0.15) is 12.4 Å². The van der Waals surface area contributed by atoms with E-state index in [9.17, 15) is 40.0 Å². The lowest BCUT2D eigenvalue weighted by molar-refractivity contribution is -0.137. The standard InChI is InChI=1S/C29H23ClF5N3O5S/c1-2-17-4-3-5-20(12-17)44(41,42)38-10-11-43-25-9-6-18(13-24(25)38)28(40)37-23(15-27(39)36-16-26(31)32)21-14-19(29(33,34)35)7-8-22(21)30/h1,3-9,12-14,23,26H,10-11,15-16H2,(H,36,39)(H,37,40)/t23-/m0/s1. The van der Waals surface area contributed by atoms with Crippen molar-refractivity contribution in [3.8, 4) is 18.1 Å². The number of nitrogens with one attached hydrogen (secondary N) is 2. The number of amides is 2. The molecule has 232 valence electrons. The Balaban J connectivity index is 1.69. The minimum atomic E-state index is -4.79. The highest BCUT2D eigenvalue weighted by Gasteiger charge is 2.34. The van der Waals surface area contributed by atoms with Gasteiger partial charge in [0.2, 0.25) is 5.91 Å². The van der Waals surface area contributed by atoms with Crippen molar-refractivity contribution >= 4 is 39.1 Å². The number of nitrogens with zero attached hydrogens (tertiary/aromatic N) is 1. The highest BCUT2D eigenvalue weighted by Crippen LogP contribution is 2.37. The van der Waals surface area contributed by atoms with Crippen LogP contribution in [0.1, 0.15) is 39.5 Å². The molecule has 3 aromatic carbocycles. The van der Waals surface area contributed by atoms with E-state index < -0.39 is 59.0 Å². The summed E-state index contributed by atoms with van der Waals surface area (Å²) in [5, 5.41) is 4.14. The summed E-state index contributed by atoms with van der Waals surface area (Å²) in [6.07, 6.45) is -3.02. The molecule has 44 heavy (non-hydrogen) atoms. The number of anilines is 1. The molecule has 1 atom stereocenters. The van der Waals surface area contributed by atoms with Crippen LogP contribution in [0.2, 0.25) is 5.02 Å². The summed E-state index contributed by atoms with van der Waals surface area (Å²) in [6.45, 7) is -1.14. The fourth-order valence-electron chi connectivity index (χ4n) is 4.37. The molecule has 3 aromatic rings. The molecule has 8 nitrogen and oxygen atoms in total. The van der Waals surface area contributed by atoms with Crippen molar-refractivity contribution in [2.45, 2.75) is 30.0 Å². The highest BCUT2D eigenvalue weighted by atomic mass is 35.5. The zero-order valence-electron chi connectivity index (χ0n) is 22.5. The molecular formula is C29H23ClF5N3O5S. The van der Waals surface area contributed by atoms with Crippen LogP contribution in [0.15, 0.2) is 65.6 Å². The van der Waals surface area contributed by atoms with Crippen LogP contribution < -0.4 is 19.7 Å². The number of carbonyl (C=O) groups excluding carboxylic acids is 2. The lowest BCUT2D eigenvalue weighted by atomic mass is 9.99. The van der Waals surface area contributed by atoms with Crippen molar-refractivity contribution < 1.29 is 44.7 Å². The molecule has 4 rings (SSSR count). The Labute approximate surface area is 254 Å². The first-order chi connectivity index (χ1) is 20.7. The normalized spacial score (nSPS) is 13.8. The second-order valence-corrected chi connectivity index (χ2v) is 11.7. The molecule has 0 bridgehead atoms. The van der Waals surface area contributed by atoms with E-state index in [4.69, 9.17) is 22.8 Å². The van der Waals surface area contributed by atoms with Gasteiger partial charge in [0.25, 0.3) is 22.4 Å². The zero-order valence-corrected chi connectivity index (χ0v) is 24.1. The first-order valence-electron chi connectivity index (χ1n) is 12.8. The van der Waals surface area contributed by atoms with E-state index in [-0.39, 0.29) is 45.6 Å². The molecule has 15 heteroatoms. The van der Waals surface area contributed by atoms with E-state index >= 15 is 0 Å². The number of terminal acetylenes is 1. The topological polar surface area (TPSA) is 105 Å². The van der Waals surface area contributed by atoms with Crippen molar-refractivity contribution in [1.82, 2.24) is 10.6 Å². The van der Waals surface area contributed by atoms with Crippen LogP contribution in [0.4, 0.5) is 27.6 Å². The van der Waals surface area contributed by atoms with Gasteiger partial charge in [0, 0.05) is 16.1 Å². The first kappa shape index (κ1) is 32.6. The van der Waals surface area contributed by atoms with E-state index in [2.05, 4.69) is 11.2 Å². The minimum Gasteiger partial charge on any atom is -0.489 e. The second-order valence-electron chi connectivity index (χ2n) is 9.44. The fourth-order valence-corrected chi connectivity index (χ4v) is 6.12. The predicted molar refractivity (Wildman–Crippen MR) is 151 cm³/mol. The predicted octanol–water partition coefficient (Wildman–Crippen LogP) is 5.17. The third-order valence-electron chi connectivity index (χ3n) is 6.48. The van der Waals surface area contributed by atoms with E-state index in [0.717, 1.165) is 10.4 Å². The minimum absolute atomic E-state index is 0.00154. The molecule has 1 aliphatic rings. The SMILES string of the molecule is C#Cc1cccc(S(=O)(=O)N2CCOc3ccc(C(=O)N[C@@H](CC(=O)NCC(F)F)c4cc(C(F)(F)F)ccc4Cl)cc32)c1.